The molecule has 3 aromatic rings. The van der Waals surface area contributed by atoms with Gasteiger partial charge < -0.3 is 14.6 Å². The van der Waals surface area contributed by atoms with Crippen molar-refractivity contribution in [1.29, 1.82) is 0 Å². The predicted octanol–water partition coefficient (Wildman–Crippen LogP) is 4.26. The fourth-order valence-corrected chi connectivity index (χ4v) is 4.38. The molecular formula is C22H19F3N4O2. The first-order valence-corrected chi connectivity index (χ1v) is 10.1. The van der Waals surface area contributed by atoms with Crippen LogP contribution in [0.25, 0.3) is 11.5 Å². The number of carbonyl (C=O) groups is 1. The summed E-state index contributed by atoms with van der Waals surface area (Å²) in [6, 6.07) is 11.2. The van der Waals surface area contributed by atoms with E-state index in [1.165, 1.54) is 12.1 Å². The van der Waals surface area contributed by atoms with Gasteiger partial charge >= 0.3 is 6.43 Å². The van der Waals surface area contributed by atoms with Crippen LogP contribution in [0.15, 0.2) is 46.9 Å². The minimum Gasteiger partial charge on any atom is -0.415 e. The third-order valence-corrected chi connectivity index (χ3v) is 5.87. The summed E-state index contributed by atoms with van der Waals surface area (Å²) in [6.45, 7) is 1.27. The van der Waals surface area contributed by atoms with Crippen LogP contribution in [-0.2, 0) is 6.54 Å². The lowest BCUT2D eigenvalue weighted by molar-refractivity contribution is 0.0612. The van der Waals surface area contributed by atoms with Crippen LogP contribution < -0.4 is 5.32 Å². The molecule has 2 aromatic carbocycles. The van der Waals surface area contributed by atoms with E-state index in [2.05, 4.69) is 15.5 Å². The highest BCUT2D eigenvalue weighted by molar-refractivity contribution is 5.99. The quantitative estimate of drug-likeness (QED) is 0.672. The van der Waals surface area contributed by atoms with E-state index >= 15 is 0 Å². The van der Waals surface area contributed by atoms with Crippen LogP contribution in [0.3, 0.4) is 0 Å². The molecule has 1 saturated heterocycles. The lowest BCUT2D eigenvalue weighted by Crippen LogP contribution is -2.48. The number of fused-ring (bicyclic) bond motifs is 1. The van der Waals surface area contributed by atoms with Crippen LogP contribution in [0.2, 0.25) is 0 Å². The molecule has 3 heterocycles. The lowest BCUT2D eigenvalue weighted by atomic mass is 9.91. The Balaban J connectivity index is 1.42. The maximum atomic E-state index is 13.4. The number of hydrogen-bond donors (Lipinski definition) is 1. The van der Waals surface area contributed by atoms with Crippen LogP contribution in [0.1, 0.15) is 52.7 Å². The molecule has 0 aliphatic carbocycles. The highest BCUT2D eigenvalue weighted by Crippen LogP contribution is 2.35. The van der Waals surface area contributed by atoms with Crippen molar-refractivity contribution < 1.29 is 22.4 Å². The molecule has 2 atom stereocenters. The molecule has 31 heavy (non-hydrogen) atoms. The van der Waals surface area contributed by atoms with E-state index in [0.29, 0.717) is 17.7 Å². The van der Waals surface area contributed by atoms with Gasteiger partial charge in [0.2, 0.25) is 5.89 Å². The number of amides is 1. The van der Waals surface area contributed by atoms with E-state index in [0.717, 1.165) is 30.5 Å². The largest absolute Gasteiger partial charge is 0.415 e. The highest BCUT2D eigenvalue weighted by Gasteiger charge is 2.38. The monoisotopic (exact) mass is 428 g/mol. The van der Waals surface area contributed by atoms with E-state index in [4.69, 9.17) is 4.42 Å². The number of alkyl halides is 2. The summed E-state index contributed by atoms with van der Waals surface area (Å²) in [4.78, 5) is 15.1. The van der Waals surface area contributed by atoms with Gasteiger partial charge in [0.05, 0.1) is 12.1 Å². The van der Waals surface area contributed by atoms with Gasteiger partial charge in [0.15, 0.2) is 0 Å². The molecule has 160 valence electrons. The Morgan fingerprint density at radius 2 is 1.94 bits per heavy atom. The number of rotatable bonds is 4. The van der Waals surface area contributed by atoms with Gasteiger partial charge in [-0.2, -0.15) is 8.78 Å². The van der Waals surface area contributed by atoms with E-state index in [9.17, 15) is 18.0 Å². The SMILES string of the molecule is O=C1c2cc(-c3nnc(C(F)F)o3)ccc2CN1C1CCCNC1c1ccc(F)cc1. The number of aromatic nitrogens is 2. The molecule has 1 aromatic heterocycles. The Labute approximate surface area is 176 Å². The van der Waals surface area contributed by atoms with Crippen molar-refractivity contribution in [2.24, 2.45) is 0 Å². The third kappa shape index (κ3) is 3.59. The van der Waals surface area contributed by atoms with Crippen molar-refractivity contribution >= 4 is 5.91 Å². The van der Waals surface area contributed by atoms with Gasteiger partial charge in [-0.3, -0.25) is 4.79 Å². The Morgan fingerprint density at radius 1 is 1.13 bits per heavy atom. The molecule has 1 fully saturated rings. The summed E-state index contributed by atoms with van der Waals surface area (Å²) >= 11 is 0. The summed E-state index contributed by atoms with van der Waals surface area (Å²) in [5.41, 5.74) is 2.70. The molecule has 5 rings (SSSR count). The molecule has 0 spiro atoms. The summed E-state index contributed by atoms with van der Waals surface area (Å²) in [5, 5.41) is 10.5. The van der Waals surface area contributed by atoms with Crippen molar-refractivity contribution in [3.63, 3.8) is 0 Å². The van der Waals surface area contributed by atoms with Crippen molar-refractivity contribution in [3.05, 3.63) is 70.9 Å². The van der Waals surface area contributed by atoms with E-state index < -0.39 is 12.3 Å². The van der Waals surface area contributed by atoms with Crippen molar-refractivity contribution in [2.75, 3.05) is 6.54 Å². The molecule has 0 bridgehead atoms. The Kier molecular flexibility index (Phi) is 4.97. The highest BCUT2D eigenvalue weighted by atomic mass is 19.3. The third-order valence-electron chi connectivity index (χ3n) is 5.87. The molecule has 0 saturated carbocycles. The maximum absolute atomic E-state index is 13.4. The van der Waals surface area contributed by atoms with Gasteiger partial charge in [-0.15, -0.1) is 10.2 Å². The molecule has 1 amide bonds. The zero-order chi connectivity index (χ0) is 21.5. The van der Waals surface area contributed by atoms with Gasteiger partial charge in [0, 0.05) is 17.7 Å². The fraction of sp³-hybridized carbons (Fsp3) is 0.318. The Bertz CT molecular complexity index is 1120. The van der Waals surface area contributed by atoms with Crippen LogP contribution in [0.5, 0.6) is 0 Å². The minimum absolute atomic E-state index is 0.0483. The number of nitrogens with one attached hydrogen (secondary N) is 1. The second-order valence-corrected chi connectivity index (χ2v) is 7.74. The van der Waals surface area contributed by atoms with E-state index in [-0.39, 0.29) is 29.7 Å². The summed E-state index contributed by atoms with van der Waals surface area (Å²) < 4.78 is 43.9. The van der Waals surface area contributed by atoms with Crippen LogP contribution in [-0.4, -0.2) is 33.6 Å². The number of carbonyl (C=O) groups excluding carboxylic acids is 1. The molecule has 9 heteroatoms. The summed E-state index contributed by atoms with van der Waals surface area (Å²) in [7, 11) is 0. The first-order valence-electron chi connectivity index (χ1n) is 10.1. The first kappa shape index (κ1) is 19.7. The van der Waals surface area contributed by atoms with Gasteiger partial charge in [-0.1, -0.05) is 18.2 Å². The average molecular weight is 428 g/mol. The van der Waals surface area contributed by atoms with Crippen molar-refractivity contribution in [3.8, 4) is 11.5 Å². The molecule has 2 unspecified atom stereocenters. The molecule has 1 N–H and O–H groups in total. The normalized spacial score (nSPS) is 21.0. The number of piperidine rings is 1. The zero-order valence-corrected chi connectivity index (χ0v) is 16.4. The topological polar surface area (TPSA) is 71.3 Å². The maximum Gasteiger partial charge on any atom is 0.314 e. The smallest absolute Gasteiger partial charge is 0.314 e. The average Bonchev–Trinajstić information content (AvgIpc) is 3.40. The molecular weight excluding hydrogens is 409 g/mol. The second kappa shape index (κ2) is 7.81. The molecule has 0 radical (unpaired) electrons. The standard InChI is InChI=1S/C22H19F3N4O2/c23-15-7-5-12(6-8-15)18-17(2-1-9-26-18)29-11-14-4-3-13(10-16(14)22(29)30)20-27-28-21(31-20)19(24)25/h3-8,10,17-19,26H,1-2,9,11H2. The van der Waals surface area contributed by atoms with Crippen LogP contribution in [0.4, 0.5) is 13.2 Å². The Morgan fingerprint density at radius 3 is 2.68 bits per heavy atom. The van der Waals surface area contributed by atoms with Gasteiger partial charge in [0.25, 0.3) is 11.8 Å². The zero-order valence-electron chi connectivity index (χ0n) is 16.4. The fourth-order valence-electron chi connectivity index (χ4n) is 4.38. The Hall–Kier alpha value is -3.20. The number of nitrogens with zero attached hydrogens (tertiary/aromatic N) is 3. The molecule has 2 aliphatic rings. The number of benzene rings is 2. The number of hydrogen-bond acceptors (Lipinski definition) is 5. The predicted molar refractivity (Wildman–Crippen MR) is 105 cm³/mol. The summed E-state index contributed by atoms with van der Waals surface area (Å²) in [6.07, 6.45) is -1.11. The second-order valence-electron chi connectivity index (χ2n) is 7.74. The van der Waals surface area contributed by atoms with Crippen LogP contribution in [0, 0.1) is 5.82 Å². The van der Waals surface area contributed by atoms with Crippen molar-refractivity contribution in [2.45, 2.75) is 37.9 Å². The van der Waals surface area contributed by atoms with Gasteiger partial charge in [-0.05, 0) is 54.8 Å². The van der Waals surface area contributed by atoms with Gasteiger partial charge in [-0.25, -0.2) is 4.39 Å². The lowest BCUT2D eigenvalue weighted by Gasteiger charge is -2.39. The van der Waals surface area contributed by atoms with E-state index in [1.807, 2.05) is 4.90 Å². The van der Waals surface area contributed by atoms with Crippen molar-refractivity contribution in [1.82, 2.24) is 20.4 Å². The molecule has 6 nitrogen and oxygen atoms in total. The minimum atomic E-state index is -2.85. The molecule has 2 aliphatic heterocycles. The van der Waals surface area contributed by atoms with Crippen LogP contribution >= 0.6 is 0 Å². The van der Waals surface area contributed by atoms with E-state index in [1.54, 1.807) is 30.3 Å². The first-order chi connectivity index (χ1) is 15.0. The number of halogens is 3. The van der Waals surface area contributed by atoms with Gasteiger partial charge in [0.1, 0.15) is 5.82 Å². The summed E-state index contributed by atoms with van der Waals surface area (Å²) in [5.74, 6) is -1.23.